The lowest BCUT2D eigenvalue weighted by Gasteiger charge is -2.16. The van der Waals surface area contributed by atoms with Crippen molar-refractivity contribution < 1.29 is 28.2 Å². The number of carbonyl (C=O) groups is 3. The molecule has 8 nitrogen and oxygen atoms in total. The Kier molecular flexibility index (Phi) is 11.6. The van der Waals surface area contributed by atoms with E-state index < -0.39 is 22.9 Å². The van der Waals surface area contributed by atoms with Crippen LogP contribution in [0, 0.1) is 5.82 Å². The number of hydrogen-bond donors (Lipinski definition) is 3. The third-order valence-electron chi connectivity index (χ3n) is 6.49. The molecule has 11 heteroatoms. The van der Waals surface area contributed by atoms with Crippen molar-refractivity contribution in [1.82, 2.24) is 5.32 Å². The zero-order valence-corrected chi connectivity index (χ0v) is 26.3. The predicted molar refractivity (Wildman–Crippen MR) is 176 cm³/mol. The highest BCUT2D eigenvalue weighted by molar-refractivity contribution is 8.00. The second-order valence-corrected chi connectivity index (χ2v) is 11.3. The molecule has 0 radical (unpaired) electrons. The predicted octanol–water partition coefficient (Wildman–Crippen LogP) is 7.42. The number of hydrogen-bond acceptors (Lipinski definition) is 6. The van der Waals surface area contributed by atoms with E-state index in [9.17, 15) is 18.8 Å². The highest BCUT2D eigenvalue weighted by Gasteiger charge is 2.20. The second kappa shape index (κ2) is 15.8. The van der Waals surface area contributed by atoms with E-state index in [1.165, 1.54) is 50.3 Å². The van der Waals surface area contributed by atoms with Gasteiger partial charge in [-0.1, -0.05) is 42.8 Å². The van der Waals surface area contributed by atoms with Crippen LogP contribution in [-0.2, 0) is 9.59 Å². The Morgan fingerprint density at radius 1 is 0.889 bits per heavy atom. The van der Waals surface area contributed by atoms with Crippen LogP contribution in [0.5, 0.6) is 11.5 Å². The first-order valence-electron chi connectivity index (χ1n) is 13.8. The Morgan fingerprint density at radius 2 is 1.64 bits per heavy atom. The third kappa shape index (κ3) is 9.10. The van der Waals surface area contributed by atoms with E-state index in [1.54, 1.807) is 66.7 Å². The monoisotopic (exact) mass is 647 g/mol. The van der Waals surface area contributed by atoms with Gasteiger partial charge in [-0.3, -0.25) is 14.4 Å². The summed E-state index contributed by atoms with van der Waals surface area (Å²) in [6.45, 7) is 1.88. The Hall–Kier alpha value is -4.80. The van der Waals surface area contributed by atoms with Crippen LogP contribution in [0.15, 0.2) is 102 Å². The second-order valence-electron chi connectivity index (χ2n) is 9.60. The topological polar surface area (TPSA) is 106 Å². The molecule has 3 amide bonds. The Morgan fingerprint density at radius 3 is 2.33 bits per heavy atom. The van der Waals surface area contributed by atoms with E-state index in [-0.39, 0.29) is 16.6 Å². The molecule has 0 bridgehead atoms. The van der Waals surface area contributed by atoms with Crippen molar-refractivity contribution in [2.45, 2.75) is 23.5 Å². The molecule has 0 saturated carbocycles. The maximum atomic E-state index is 13.6. The number of thioether (sulfide) groups is 1. The molecule has 1 unspecified atom stereocenters. The Balaban J connectivity index is 1.54. The Bertz CT molecular complexity index is 1720. The zero-order valence-electron chi connectivity index (χ0n) is 24.7. The van der Waals surface area contributed by atoms with Gasteiger partial charge in [0.15, 0.2) is 0 Å². The van der Waals surface area contributed by atoms with Gasteiger partial charge in [-0.15, -0.1) is 11.8 Å². The Labute approximate surface area is 270 Å². The van der Waals surface area contributed by atoms with Crippen molar-refractivity contribution in [3.8, 4) is 11.5 Å². The molecule has 0 aliphatic carbocycles. The molecule has 0 heterocycles. The minimum absolute atomic E-state index is 0.0193. The average molecular weight is 648 g/mol. The number of rotatable bonds is 12. The smallest absolute Gasteiger partial charge is 0.272 e. The molecule has 45 heavy (non-hydrogen) atoms. The zero-order chi connectivity index (χ0) is 32.3. The van der Waals surface area contributed by atoms with E-state index >= 15 is 0 Å². The lowest BCUT2D eigenvalue weighted by atomic mass is 10.1. The molecule has 4 aromatic carbocycles. The van der Waals surface area contributed by atoms with Gasteiger partial charge in [-0.2, -0.15) is 0 Å². The molecule has 3 N–H and O–H groups in total. The number of halogens is 2. The van der Waals surface area contributed by atoms with Crippen LogP contribution < -0.4 is 25.4 Å². The van der Waals surface area contributed by atoms with Crippen LogP contribution >= 0.6 is 23.4 Å². The summed E-state index contributed by atoms with van der Waals surface area (Å²) >= 11 is 7.16. The maximum absolute atomic E-state index is 13.6. The van der Waals surface area contributed by atoms with Gasteiger partial charge in [0.1, 0.15) is 23.0 Å². The summed E-state index contributed by atoms with van der Waals surface area (Å²) in [4.78, 5) is 40.3. The molecule has 0 aliphatic rings. The molecule has 0 spiro atoms. The number of amides is 3. The lowest BCUT2D eigenvalue weighted by molar-refractivity contribution is -0.116. The summed E-state index contributed by atoms with van der Waals surface area (Å²) in [6.07, 6.45) is 2.02. The van der Waals surface area contributed by atoms with Crippen molar-refractivity contribution in [3.05, 3.63) is 119 Å². The van der Waals surface area contributed by atoms with Crippen molar-refractivity contribution in [2.75, 3.05) is 24.9 Å². The van der Waals surface area contributed by atoms with Gasteiger partial charge < -0.3 is 25.4 Å². The van der Waals surface area contributed by atoms with Gasteiger partial charge >= 0.3 is 0 Å². The summed E-state index contributed by atoms with van der Waals surface area (Å²) in [6, 6.07) is 24.6. The first-order chi connectivity index (χ1) is 21.7. The van der Waals surface area contributed by atoms with Crippen molar-refractivity contribution in [3.63, 3.8) is 0 Å². The summed E-state index contributed by atoms with van der Waals surface area (Å²) < 4.78 is 24.3. The maximum Gasteiger partial charge on any atom is 0.272 e. The molecule has 4 rings (SSSR count). The lowest BCUT2D eigenvalue weighted by Crippen LogP contribution is -2.30. The van der Waals surface area contributed by atoms with Crippen LogP contribution in [0.1, 0.15) is 29.3 Å². The average Bonchev–Trinajstić information content (AvgIpc) is 3.05. The van der Waals surface area contributed by atoms with E-state index in [4.69, 9.17) is 21.1 Å². The van der Waals surface area contributed by atoms with E-state index in [2.05, 4.69) is 16.0 Å². The van der Waals surface area contributed by atoms with Gasteiger partial charge in [0.25, 0.3) is 11.8 Å². The normalized spacial score (nSPS) is 11.7. The molecule has 0 saturated heterocycles. The number of nitrogens with one attached hydrogen (secondary N) is 3. The first-order valence-corrected chi connectivity index (χ1v) is 15.1. The standard InChI is InChI=1S/C34H31ClFN3O5S/c1-4-31(34(42)38-24-14-16-28(36)27(35)19-24)45-26-12-8-11-23(18-26)37-33(41)29(39-32(40)21-9-6-5-7-10-21)17-22-13-15-25(43-2)20-30(22)44-3/h5-20,31H,4H2,1-3H3,(H,37,41)(H,38,42)(H,39,40)/b29-17+. The largest absolute Gasteiger partial charge is 0.497 e. The summed E-state index contributed by atoms with van der Waals surface area (Å²) in [5, 5.41) is 7.75. The van der Waals surface area contributed by atoms with Gasteiger partial charge in [0.2, 0.25) is 5.91 Å². The third-order valence-corrected chi connectivity index (χ3v) is 8.14. The summed E-state index contributed by atoms with van der Waals surface area (Å²) in [5.41, 5.74) is 1.74. The highest BCUT2D eigenvalue weighted by Crippen LogP contribution is 2.30. The van der Waals surface area contributed by atoms with Crippen molar-refractivity contribution in [2.24, 2.45) is 0 Å². The van der Waals surface area contributed by atoms with Crippen LogP contribution in [-0.4, -0.2) is 37.2 Å². The fourth-order valence-electron chi connectivity index (χ4n) is 4.16. The van der Waals surface area contributed by atoms with Crippen LogP contribution in [0.2, 0.25) is 5.02 Å². The van der Waals surface area contributed by atoms with Crippen LogP contribution in [0.4, 0.5) is 15.8 Å². The molecule has 1 atom stereocenters. The van der Waals surface area contributed by atoms with Crippen molar-refractivity contribution in [1.29, 1.82) is 0 Å². The molecule has 0 aliphatic heterocycles. The number of methoxy groups -OCH3 is 2. The highest BCUT2D eigenvalue weighted by atomic mass is 35.5. The van der Waals surface area contributed by atoms with Gasteiger partial charge in [-0.05, 0) is 73.2 Å². The molecule has 4 aromatic rings. The van der Waals surface area contributed by atoms with Gasteiger partial charge in [-0.25, -0.2) is 4.39 Å². The molecular formula is C34H31ClFN3O5S. The van der Waals surface area contributed by atoms with Crippen LogP contribution in [0.25, 0.3) is 6.08 Å². The fraction of sp³-hybridized carbons (Fsp3) is 0.147. The molecule has 0 aromatic heterocycles. The minimum Gasteiger partial charge on any atom is -0.497 e. The summed E-state index contributed by atoms with van der Waals surface area (Å²) in [7, 11) is 3.03. The van der Waals surface area contributed by atoms with Gasteiger partial charge in [0.05, 0.1) is 24.5 Å². The number of anilines is 2. The summed E-state index contributed by atoms with van der Waals surface area (Å²) in [5.74, 6) is -0.875. The quantitative estimate of drug-likeness (QED) is 0.109. The SMILES string of the molecule is CCC(Sc1cccc(NC(=O)/C(=C\c2ccc(OC)cc2OC)NC(=O)c2ccccc2)c1)C(=O)Nc1ccc(F)c(Cl)c1. The molecular weight excluding hydrogens is 617 g/mol. The first kappa shape index (κ1) is 33.1. The van der Waals surface area contributed by atoms with Crippen LogP contribution in [0.3, 0.4) is 0 Å². The van der Waals surface area contributed by atoms with Gasteiger partial charge in [0, 0.05) is 33.5 Å². The van der Waals surface area contributed by atoms with E-state index in [1.807, 2.05) is 13.0 Å². The van der Waals surface area contributed by atoms with Crippen molar-refractivity contribution >= 4 is 58.5 Å². The minimum atomic E-state index is -0.573. The number of benzene rings is 4. The fourth-order valence-corrected chi connectivity index (χ4v) is 5.36. The number of ether oxygens (including phenoxy) is 2. The molecule has 0 fully saturated rings. The number of carbonyl (C=O) groups excluding carboxylic acids is 3. The molecule has 232 valence electrons. The van der Waals surface area contributed by atoms with E-state index in [0.717, 1.165) is 4.90 Å². The van der Waals surface area contributed by atoms with E-state index in [0.29, 0.717) is 40.4 Å².